The van der Waals surface area contributed by atoms with E-state index in [0.717, 1.165) is 22.7 Å². The van der Waals surface area contributed by atoms with Crippen LogP contribution in [0.15, 0.2) is 53.5 Å². The standard InChI is InChI=1S/C15H15NO2/c1-17-13-9-7-12(8-10-13)11-16-14-5-3-4-6-15(14)18-2/h3-11H,1-2H3. The van der Waals surface area contributed by atoms with Crippen LogP contribution in [0, 0.1) is 0 Å². The van der Waals surface area contributed by atoms with E-state index in [4.69, 9.17) is 9.47 Å². The zero-order valence-corrected chi connectivity index (χ0v) is 10.5. The Kier molecular flexibility index (Phi) is 3.97. The highest BCUT2D eigenvalue weighted by molar-refractivity contribution is 5.82. The summed E-state index contributed by atoms with van der Waals surface area (Å²) in [5, 5.41) is 0. The lowest BCUT2D eigenvalue weighted by Crippen LogP contribution is -1.85. The molecule has 0 spiro atoms. The van der Waals surface area contributed by atoms with E-state index >= 15 is 0 Å². The van der Waals surface area contributed by atoms with Gasteiger partial charge in [-0.1, -0.05) is 12.1 Å². The van der Waals surface area contributed by atoms with Crippen molar-refractivity contribution in [2.75, 3.05) is 14.2 Å². The number of benzene rings is 2. The number of ether oxygens (including phenoxy) is 2. The summed E-state index contributed by atoms with van der Waals surface area (Å²) in [6.45, 7) is 0. The van der Waals surface area contributed by atoms with Crippen LogP contribution < -0.4 is 9.47 Å². The summed E-state index contributed by atoms with van der Waals surface area (Å²) in [6, 6.07) is 15.4. The molecule has 0 aliphatic carbocycles. The van der Waals surface area contributed by atoms with Crippen LogP contribution in [0.25, 0.3) is 0 Å². The Morgan fingerprint density at radius 2 is 1.61 bits per heavy atom. The Bertz CT molecular complexity index is 532. The highest BCUT2D eigenvalue weighted by Gasteiger charge is 1.98. The number of hydrogen-bond donors (Lipinski definition) is 0. The molecule has 0 saturated carbocycles. The lowest BCUT2D eigenvalue weighted by molar-refractivity contribution is 0.415. The first-order valence-electron chi connectivity index (χ1n) is 5.64. The molecular formula is C15H15NO2. The lowest BCUT2D eigenvalue weighted by atomic mass is 10.2. The van der Waals surface area contributed by atoms with Gasteiger partial charge in [0.25, 0.3) is 0 Å². The van der Waals surface area contributed by atoms with Crippen molar-refractivity contribution in [3.8, 4) is 11.5 Å². The monoisotopic (exact) mass is 241 g/mol. The maximum absolute atomic E-state index is 5.24. The van der Waals surface area contributed by atoms with E-state index in [1.165, 1.54) is 0 Å². The molecule has 0 bridgehead atoms. The highest BCUT2D eigenvalue weighted by atomic mass is 16.5. The molecule has 2 aromatic rings. The summed E-state index contributed by atoms with van der Waals surface area (Å²) in [7, 11) is 3.29. The molecule has 0 unspecified atom stereocenters. The van der Waals surface area contributed by atoms with Gasteiger partial charge < -0.3 is 9.47 Å². The summed E-state index contributed by atoms with van der Waals surface area (Å²) in [4.78, 5) is 4.41. The quantitative estimate of drug-likeness (QED) is 0.767. The molecule has 2 rings (SSSR count). The minimum absolute atomic E-state index is 0.766. The van der Waals surface area contributed by atoms with E-state index in [-0.39, 0.29) is 0 Å². The van der Waals surface area contributed by atoms with Gasteiger partial charge in [-0.2, -0.15) is 0 Å². The molecule has 3 nitrogen and oxygen atoms in total. The number of hydrogen-bond acceptors (Lipinski definition) is 3. The van der Waals surface area contributed by atoms with Crippen molar-refractivity contribution in [1.82, 2.24) is 0 Å². The lowest BCUT2D eigenvalue weighted by Gasteiger charge is -2.03. The van der Waals surface area contributed by atoms with Crippen LogP contribution in [0.5, 0.6) is 11.5 Å². The Morgan fingerprint density at radius 1 is 0.889 bits per heavy atom. The van der Waals surface area contributed by atoms with E-state index in [0.29, 0.717) is 0 Å². The minimum Gasteiger partial charge on any atom is -0.497 e. The zero-order chi connectivity index (χ0) is 12.8. The molecule has 0 aliphatic heterocycles. The fourth-order valence-electron chi connectivity index (χ4n) is 1.57. The van der Waals surface area contributed by atoms with Crippen LogP contribution in [0.3, 0.4) is 0 Å². The SMILES string of the molecule is COc1ccc(C=Nc2ccccc2OC)cc1. The van der Waals surface area contributed by atoms with E-state index in [9.17, 15) is 0 Å². The van der Waals surface area contributed by atoms with Crippen LogP contribution in [0.2, 0.25) is 0 Å². The number of para-hydroxylation sites is 2. The third-order valence-electron chi connectivity index (χ3n) is 2.55. The first kappa shape index (κ1) is 12.2. The highest BCUT2D eigenvalue weighted by Crippen LogP contribution is 2.26. The predicted octanol–water partition coefficient (Wildman–Crippen LogP) is 3.45. The van der Waals surface area contributed by atoms with E-state index < -0.39 is 0 Å². The van der Waals surface area contributed by atoms with Crippen LogP contribution in [-0.4, -0.2) is 20.4 Å². The average molecular weight is 241 g/mol. The summed E-state index contributed by atoms with van der Waals surface area (Å²) in [5.41, 5.74) is 1.83. The van der Waals surface area contributed by atoms with Crippen molar-refractivity contribution in [2.24, 2.45) is 4.99 Å². The number of aliphatic imine (C=N–C) groups is 1. The second kappa shape index (κ2) is 5.87. The van der Waals surface area contributed by atoms with Gasteiger partial charge in [0.2, 0.25) is 0 Å². The normalized spacial score (nSPS) is 10.6. The van der Waals surface area contributed by atoms with Gasteiger partial charge in [0.15, 0.2) is 0 Å². The Morgan fingerprint density at radius 3 is 2.28 bits per heavy atom. The zero-order valence-electron chi connectivity index (χ0n) is 10.5. The predicted molar refractivity (Wildman–Crippen MR) is 73.2 cm³/mol. The Balaban J connectivity index is 2.19. The van der Waals surface area contributed by atoms with Crippen molar-refractivity contribution in [1.29, 1.82) is 0 Å². The van der Waals surface area contributed by atoms with Gasteiger partial charge in [-0.25, -0.2) is 0 Å². The largest absolute Gasteiger partial charge is 0.497 e. The van der Waals surface area contributed by atoms with Crippen LogP contribution in [0.1, 0.15) is 5.56 Å². The fourth-order valence-corrected chi connectivity index (χ4v) is 1.57. The molecule has 0 atom stereocenters. The third-order valence-corrected chi connectivity index (χ3v) is 2.55. The smallest absolute Gasteiger partial charge is 0.144 e. The molecule has 92 valence electrons. The molecule has 0 saturated heterocycles. The van der Waals surface area contributed by atoms with Gasteiger partial charge in [0.05, 0.1) is 14.2 Å². The molecule has 3 heteroatoms. The van der Waals surface area contributed by atoms with Crippen molar-refractivity contribution < 1.29 is 9.47 Å². The fraction of sp³-hybridized carbons (Fsp3) is 0.133. The van der Waals surface area contributed by atoms with Gasteiger partial charge in [-0.3, -0.25) is 4.99 Å². The van der Waals surface area contributed by atoms with Crippen LogP contribution >= 0.6 is 0 Å². The van der Waals surface area contributed by atoms with Crippen molar-refractivity contribution >= 4 is 11.9 Å². The maximum atomic E-state index is 5.24. The molecule has 18 heavy (non-hydrogen) atoms. The maximum Gasteiger partial charge on any atom is 0.144 e. The average Bonchev–Trinajstić information content (AvgIpc) is 2.46. The summed E-state index contributed by atoms with van der Waals surface area (Å²) < 4.78 is 10.3. The second-order valence-corrected chi connectivity index (χ2v) is 3.70. The van der Waals surface area contributed by atoms with E-state index in [1.807, 2.05) is 48.5 Å². The summed E-state index contributed by atoms with van der Waals surface area (Å²) in [6.07, 6.45) is 1.80. The molecule has 0 aromatic heterocycles. The molecule has 0 amide bonds. The van der Waals surface area contributed by atoms with E-state index in [2.05, 4.69) is 4.99 Å². The second-order valence-electron chi connectivity index (χ2n) is 3.70. The molecular weight excluding hydrogens is 226 g/mol. The molecule has 0 fully saturated rings. The molecule has 0 radical (unpaired) electrons. The number of nitrogens with zero attached hydrogens (tertiary/aromatic N) is 1. The third kappa shape index (κ3) is 2.88. The van der Waals surface area contributed by atoms with E-state index in [1.54, 1.807) is 20.4 Å². The summed E-state index contributed by atoms with van der Waals surface area (Å²) >= 11 is 0. The van der Waals surface area contributed by atoms with Crippen molar-refractivity contribution in [2.45, 2.75) is 0 Å². The Hall–Kier alpha value is -2.29. The molecule has 0 N–H and O–H groups in total. The number of methoxy groups -OCH3 is 2. The van der Waals surface area contributed by atoms with Gasteiger partial charge in [-0.05, 0) is 42.0 Å². The minimum atomic E-state index is 0.766. The van der Waals surface area contributed by atoms with Gasteiger partial charge in [-0.15, -0.1) is 0 Å². The van der Waals surface area contributed by atoms with Gasteiger partial charge in [0, 0.05) is 6.21 Å². The van der Waals surface area contributed by atoms with Gasteiger partial charge >= 0.3 is 0 Å². The van der Waals surface area contributed by atoms with Crippen molar-refractivity contribution in [3.63, 3.8) is 0 Å². The van der Waals surface area contributed by atoms with Crippen molar-refractivity contribution in [3.05, 3.63) is 54.1 Å². The van der Waals surface area contributed by atoms with Crippen LogP contribution in [0.4, 0.5) is 5.69 Å². The number of rotatable bonds is 4. The topological polar surface area (TPSA) is 30.8 Å². The first-order valence-corrected chi connectivity index (χ1v) is 5.64. The molecule has 0 heterocycles. The first-order chi connectivity index (χ1) is 8.83. The molecule has 0 aliphatic rings. The molecule has 2 aromatic carbocycles. The van der Waals surface area contributed by atoms with Crippen LogP contribution in [-0.2, 0) is 0 Å². The van der Waals surface area contributed by atoms with Gasteiger partial charge in [0.1, 0.15) is 17.2 Å². The summed E-state index contributed by atoms with van der Waals surface area (Å²) in [5.74, 6) is 1.60. The Labute approximate surface area is 107 Å².